The lowest BCUT2D eigenvalue weighted by atomic mass is 10.1. The Hall–Kier alpha value is -0.450. The average Bonchev–Trinajstić information content (AvgIpc) is 1.87. The lowest BCUT2D eigenvalue weighted by Gasteiger charge is -2.15. The average molecular weight is 162 g/mol. The zero-order chi connectivity index (χ0) is 9.02. The highest BCUT2D eigenvalue weighted by atomic mass is 16.3. The van der Waals surface area contributed by atoms with Gasteiger partial charge in [0.2, 0.25) is 0 Å². The molecule has 0 rings (SSSR count). The quantitative estimate of drug-likeness (QED) is 0.499. The van der Waals surface area contributed by atoms with Crippen LogP contribution in [0, 0.1) is 0 Å². The first-order valence-corrected chi connectivity index (χ1v) is 3.49. The summed E-state index contributed by atoms with van der Waals surface area (Å²) in [5.41, 5.74) is 0. The first-order valence-electron chi connectivity index (χ1n) is 3.49. The molecule has 0 aliphatic heterocycles. The molecule has 0 aromatic rings. The monoisotopic (exact) mass is 162 g/mol. The van der Waals surface area contributed by atoms with Gasteiger partial charge in [-0.05, 0) is 13.8 Å². The van der Waals surface area contributed by atoms with Gasteiger partial charge >= 0.3 is 0 Å². The van der Waals surface area contributed by atoms with Gasteiger partial charge < -0.3 is 15.3 Å². The highest BCUT2D eigenvalue weighted by Crippen LogP contribution is 2.03. The zero-order valence-corrected chi connectivity index (χ0v) is 6.69. The van der Waals surface area contributed by atoms with Gasteiger partial charge in [0.25, 0.3) is 0 Å². The number of hydrogen-bond acceptors (Lipinski definition) is 4. The van der Waals surface area contributed by atoms with Crippen LogP contribution in [0.2, 0.25) is 0 Å². The molecule has 0 aromatic heterocycles. The Kier molecular flexibility index (Phi) is 4.25. The minimum atomic E-state index is -1.17. The molecular weight excluding hydrogens is 148 g/mol. The van der Waals surface area contributed by atoms with Crippen LogP contribution in [-0.4, -0.2) is 39.4 Å². The number of aliphatic hydroxyl groups excluding tert-OH is 3. The van der Waals surface area contributed by atoms with Crippen LogP contribution >= 0.6 is 0 Å². The van der Waals surface area contributed by atoms with E-state index in [-0.39, 0.29) is 6.42 Å². The highest BCUT2D eigenvalue weighted by molar-refractivity contribution is 5.80. The van der Waals surface area contributed by atoms with Gasteiger partial charge in [0.15, 0.2) is 5.78 Å². The second-order valence-electron chi connectivity index (χ2n) is 2.67. The summed E-state index contributed by atoms with van der Waals surface area (Å²) in [6, 6.07) is 0. The second kappa shape index (κ2) is 4.43. The SMILES string of the molecule is CC(=O)[C@H](O)C[C@@H](O)[C@@H](C)O. The summed E-state index contributed by atoms with van der Waals surface area (Å²) < 4.78 is 0. The summed E-state index contributed by atoms with van der Waals surface area (Å²) in [6.45, 7) is 2.64. The van der Waals surface area contributed by atoms with E-state index < -0.39 is 24.1 Å². The molecule has 3 atom stereocenters. The maximum absolute atomic E-state index is 10.5. The van der Waals surface area contributed by atoms with Crippen molar-refractivity contribution in [3.8, 4) is 0 Å². The van der Waals surface area contributed by atoms with E-state index >= 15 is 0 Å². The van der Waals surface area contributed by atoms with E-state index in [2.05, 4.69) is 0 Å². The number of carbonyl (C=O) groups is 1. The fourth-order valence-electron chi connectivity index (χ4n) is 0.592. The standard InChI is InChI=1S/C7H14O4/c1-4(8)6(10)3-7(11)5(2)9/h4,6-8,10-11H,3H2,1-2H3/t4-,6-,7-/m1/s1. The van der Waals surface area contributed by atoms with Gasteiger partial charge in [0, 0.05) is 6.42 Å². The Morgan fingerprint density at radius 1 is 1.36 bits per heavy atom. The molecule has 0 saturated carbocycles. The van der Waals surface area contributed by atoms with Crippen LogP contribution in [0.15, 0.2) is 0 Å². The van der Waals surface area contributed by atoms with E-state index in [0.717, 1.165) is 0 Å². The van der Waals surface area contributed by atoms with Crippen LogP contribution in [0.4, 0.5) is 0 Å². The van der Waals surface area contributed by atoms with Crippen LogP contribution in [0.5, 0.6) is 0 Å². The lowest BCUT2D eigenvalue weighted by molar-refractivity contribution is -0.127. The molecule has 11 heavy (non-hydrogen) atoms. The summed E-state index contributed by atoms with van der Waals surface area (Å²) in [5.74, 6) is -0.398. The molecule has 0 aliphatic rings. The van der Waals surface area contributed by atoms with Crippen molar-refractivity contribution in [2.75, 3.05) is 0 Å². The van der Waals surface area contributed by atoms with Crippen LogP contribution < -0.4 is 0 Å². The van der Waals surface area contributed by atoms with Crippen LogP contribution in [0.3, 0.4) is 0 Å². The molecule has 4 nitrogen and oxygen atoms in total. The van der Waals surface area contributed by atoms with Crippen LogP contribution in [0.25, 0.3) is 0 Å². The Labute approximate surface area is 65.5 Å². The van der Waals surface area contributed by atoms with Crippen LogP contribution in [-0.2, 0) is 4.79 Å². The molecule has 0 saturated heterocycles. The Morgan fingerprint density at radius 3 is 2.09 bits per heavy atom. The maximum atomic E-state index is 10.5. The first-order chi connectivity index (χ1) is 4.95. The van der Waals surface area contributed by atoms with Gasteiger partial charge in [-0.25, -0.2) is 0 Å². The third-order valence-electron chi connectivity index (χ3n) is 1.49. The third kappa shape index (κ3) is 4.08. The molecule has 0 bridgehead atoms. The van der Waals surface area contributed by atoms with Gasteiger partial charge in [-0.3, -0.25) is 4.79 Å². The van der Waals surface area contributed by atoms with Gasteiger partial charge in [0.05, 0.1) is 12.2 Å². The predicted octanol–water partition coefficient (Wildman–Crippen LogP) is -0.932. The number of hydrogen-bond donors (Lipinski definition) is 3. The van der Waals surface area contributed by atoms with Crippen molar-refractivity contribution in [3.05, 3.63) is 0 Å². The van der Waals surface area contributed by atoms with E-state index in [1.807, 2.05) is 0 Å². The molecule has 0 aromatic carbocycles. The zero-order valence-electron chi connectivity index (χ0n) is 6.69. The summed E-state index contributed by atoms with van der Waals surface area (Å²) in [6.07, 6.45) is -3.22. The van der Waals surface area contributed by atoms with Crippen molar-refractivity contribution in [1.82, 2.24) is 0 Å². The topological polar surface area (TPSA) is 77.8 Å². The minimum Gasteiger partial charge on any atom is -0.391 e. The number of Topliss-reactive ketones (excluding diaryl/α,β-unsaturated/α-hetero) is 1. The molecule has 0 spiro atoms. The highest BCUT2D eigenvalue weighted by Gasteiger charge is 2.18. The first kappa shape index (κ1) is 10.6. The Balaban J connectivity index is 3.75. The van der Waals surface area contributed by atoms with Gasteiger partial charge in [-0.2, -0.15) is 0 Å². The fraction of sp³-hybridized carbons (Fsp3) is 0.857. The van der Waals surface area contributed by atoms with Crippen molar-refractivity contribution in [2.45, 2.75) is 38.6 Å². The Morgan fingerprint density at radius 2 is 1.82 bits per heavy atom. The fourth-order valence-corrected chi connectivity index (χ4v) is 0.592. The van der Waals surface area contributed by atoms with Gasteiger partial charge in [0.1, 0.15) is 6.10 Å². The third-order valence-corrected chi connectivity index (χ3v) is 1.49. The smallest absolute Gasteiger partial charge is 0.158 e. The van der Waals surface area contributed by atoms with Crippen molar-refractivity contribution in [3.63, 3.8) is 0 Å². The van der Waals surface area contributed by atoms with Crippen LogP contribution in [0.1, 0.15) is 20.3 Å². The predicted molar refractivity (Wildman–Crippen MR) is 39.0 cm³/mol. The Bertz CT molecular complexity index is 132. The molecule has 0 radical (unpaired) electrons. The van der Waals surface area contributed by atoms with Gasteiger partial charge in [-0.1, -0.05) is 0 Å². The normalized spacial score (nSPS) is 19.0. The maximum Gasteiger partial charge on any atom is 0.158 e. The number of rotatable bonds is 4. The molecule has 0 aliphatic carbocycles. The molecule has 0 unspecified atom stereocenters. The van der Waals surface area contributed by atoms with Crippen molar-refractivity contribution in [1.29, 1.82) is 0 Å². The number of ketones is 1. The largest absolute Gasteiger partial charge is 0.391 e. The summed E-state index contributed by atoms with van der Waals surface area (Å²) >= 11 is 0. The van der Waals surface area contributed by atoms with Crippen molar-refractivity contribution in [2.24, 2.45) is 0 Å². The summed E-state index contributed by atoms with van der Waals surface area (Å²) in [4.78, 5) is 10.5. The van der Waals surface area contributed by atoms with E-state index in [4.69, 9.17) is 15.3 Å². The van der Waals surface area contributed by atoms with E-state index in [0.29, 0.717) is 0 Å². The molecule has 0 amide bonds. The molecule has 4 heteroatoms. The van der Waals surface area contributed by atoms with E-state index in [1.54, 1.807) is 0 Å². The second-order valence-corrected chi connectivity index (χ2v) is 2.67. The molecule has 3 N–H and O–H groups in total. The molecule has 66 valence electrons. The summed E-state index contributed by atoms with van der Waals surface area (Å²) in [5, 5.41) is 26.7. The van der Waals surface area contributed by atoms with Crippen molar-refractivity contribution < 1.29 is 20.1 Å². The van der Waals surface area contributed by atoms with Crippen molar-refractivity contribution >= 4 is 5.78 Å². The minimum absolute atomic E-state index is 0.104. The molecule has 0 heterocycles. The number of aliphatic hydroxyl groups is 3. The van der Waals surface area contributed by atoms with E-state index in [9.17, 15) is 4.79 Å². The molecular formula is C7H14O4. The lowest BCUT2D eigenvalue weighted by Crippen LogP contribution is -2.30. The summed E-state index contributed by atoms with van der Waals surface area (Å²) in [7, 11) is 0. The molecule has 0 fully saturated rings. The van der Waals surface area contributed by atoms with Gasteiger partial charge in [-0.15, -0.1) is 0 Å². The number of carbonyl (C=O) groups excluding carboxylic acids is 1. The van der Waals surface area contributed by atoms with E-state index in [1.165, 1.54) is 13.8 Å².